The largest absolute Gasteiger partial charge is 0.385 e. The average molecular weight is 243 g/mol. The fraction of sp³-hybridized carbons (Fsp3) is 0.727. The number of ether oxygens (including phenoxy) is 1. The standard InChI is InChI=1S/C11H21N3OS/c1-7(5-6-15-4)10(14-12)11-8(2)13-9(3)16-11/h7,10,14H,5-6,12H2,1-4H3. The second-order valence-electron chi connectivity index (χ2n) is 4.09. The van der Waals surface area contributed by atoms with Gasteiger partial charge in [-0.05, 0) is 26.2 Å². The van der Waals surface area contributed by atoms with E-state index in [1.807, 2.05) is 13.8 Å². The summed E-state index contributed by atoms with van der Waals surface area (Å²) in [6.45, 7) is 7.00. The van der Waals surface area contributed by atoms with Crippen molar-refractivity contribution in [2.45, 2.75) is 33.2 Å². The predicted octanol–water partition coefficient (Wildman–Crippen LogP) is 1.94. The van der Waals surface area contributed by atoms with E-state index >= 15 is 0 Å². The molecule has 4 nitrogen and oxygen atoms in total. The number of hydrazine groups is 1. The van der Waals surface area contributed by atoms with Gasteiger partial charge >= 0.3 is 0 Å². The Kier molecular flexibility index (Phi) is 5.34. The Balaban J connectivity index is 2.77. The Morgan fingerprint density at radius 1 is 1.50 bits per heavy atom. The van der Waals surface area contributed by atoms with Gasteiger partial charge in [0, 0.05) is 18.6 Å². The maximum atomic E-state index is 5.64. The minimum Gasteiger partial charge on any atom is -0.385 e. The number of hydrogen-bond acceptors (Lipinski definition) is 5. The second kappa shape index (κ2) is 6.30. The summed E-state index contributed by atoms with van der Waals surface area (Å²) in [4.78, 5) is 5.67. The molecule has 1 aromatic heterocycles. The van der Waals surface area contributed by atoms with Crippen LogP contribution in [0.2, 0.25) is 0 Å². The number of nitrogens with two attached hydrogens (primary N) is 1. The third kappa shape index (κ3) is 3.25. The monoisotopic (exact) mass is 243 g/mol. The van der Waals surface area contributed by atoms with E-state index in [2.05, 4.69) is 17.3 Å². The maximum absolute atomic E-state index is 5.64. The first-order chi connectivity index (χ1) is 7.60. The molecule has 0 aliphatic carbocycles. The molecule has 1 heterocycles. The van der Waals surface area contributed by atoms with Crippen LogP contribution in [0, 0.1) is 19.8 Å². The van der Waals surface area contributed by atoms with E-state index in [0.29, 0.717) is 5.92 Å². The van der Waals surface area contributed by atoms with E-state index in [9.17, 15) is 0 Å². The van der Waals surface area contributed by atoms with Crippen molar-refractivity contribution in [1.82, 2.24) is 10.4 Å². The fourth-order valence-corrected chi connectivity index (χ4v) is 2.93. The minimum atomic E-state index is 0.168. The van der Waals surface area contributed by atoms with Gasteiger partial charge in [-0.15, -0.1) is 11.3 Å². The van der Waals surface area contributed by atoms with Crippen LogP contribution in [0.1, 0.15) is 35.0 Å². The van der Waals surface area contributed by atoms with Crippen LogP contribution >= 0.6 is 11.3 Å². The molecule has 0 aliphatic heterocycles. The SMILES string of the molecule is COCCC(C)C(NN)c1sc(C)nc1C. The number of nitrogens with one attached hydrogen (secondary N) is 1. The van der Waals surface area contributed by atoms with Crippen molar-refractivity contribution < 1.29 is 4.74 Å². The van der Waals surface area contributed by atoms with Crippen LogP contribution < -0.4 is 11.3 Å². The number of nitrogens with zero attached hydrogens (tertiary/aromatic N) is 1. The smallest absolute Gasteiger partial charge is 0.0900 e. The second-order valence-corrected chi connectivity index (χ2v) is 5.32. The first kappa shape index (κ1) is 13.6. The number of thiazole rings is 1. The summed E-state index contributed by atoms with van der Waals surface area (Å²) in [6, 6.07) is 0.168. The molecule has 0 radical (unpaired) electrons. The summed E-state index contributed by atoms with van der Waals surface area (Å²) in [5.74, 6) is 6.08. The van der Waals surface area contributed by atoms with Gasteiger partial charge in [-0.3, -0.25) is 11.3 Å². The van der Waals surface area contributed by atoms with Gasteiger partial charge in [-0.1, -0.05) is 6.92 Å². The lowest BCUT2D eigenvalue weighted by molar-refractivity contribution is 0.170. The molecule has 16 heavy (non-hydrogen) atoms. The van der Waals surface area contributed by atoms with Crippen LogP contribution in [0.15, 0.2) is 0 Å². The van der Waals surface area contributed by atoms with Crippen molar-refractivity contribution >= 4 is 11.3 Å². The zero-order valence-electron chi connectivity index (χ0n) is 10.4. The molecule has 0 aliphatic rings. The van der Waals surface area contributed by atoms with Crippen LogP contribution in [0.3, 0.4) is 0 Å². The highest BCUT2D eigenvalue weighted by atomic mass is 32.1. The van der Waals surface area contributed by atoms with Gasteiger partial charge in [-0.25, -0.2) is 4.98 Å². The molecule has 0 aromatic carbocycles. The molecule has 1 aromatic rings. The molecule has 3 N–H and O–H groups in total. The van der Waals surface area contributed by atoms with E-state index in [4.69, 9.17) is 10.6 Å². The normalized spacial score (nSPS) is 15.1. The molecule has 2 atom stereocenters. The quantitative estimate of drug-likeness (QED) is 0.592. The lowest BCUT2D eigenvalue weighted by atomic mass is 9.97. The Hall–Kier alpha value is -0.490. The number of aromatic nitrogens is 1. The zero-order chi connectivity index (χ0) is 12.1. The van der Waals surface area contributed by atoms with Crippen molar-refractivity contribution in [3.05, 3.63) is 15.6 Å². The number of rotatable bonds is 6. The third-order valence-corrected chi connectivity index (χ3v) is 3.90. The zero-order valence-corrected chi connectivity index (χ0v) is 11.2. The van der Waals surface area contributed by atoms with E-state index in [-0.39, 0.29) is 6.04 Å². The average Bonchev–Trinajstić information content (AvgIpc) is 2.56. The van der Waals surface area contributed by atoms with Crippen LogP contribution in [0.5, 0.6) is 0 Å². The van der Waals surface area contributed by atoms with Gasteiger partial charge in [0.15, 0.2) is 0 Å². The molecule has 0 saturated carbocycles. The Bertz CT molecular complexity index is 327. The van der Waals surface area contributed by atoms with E-state index in [1.165, 1.54) is 4.88 Å². The lowest BCUT2D eigenvalue weighted by Gasteiger charge is -2.22. The predicted molar refractivity (Wildman–Crippen MR) is 67.3 cm³/mol. The summed E-state index contributed by atoms with van der Waals surface area (Å²) in [7, 11) is 1.72. The highest BCUT2D eigenvalue weighted by Gasteiger charge is 2.22. The first-order valence-corrected chi connectivity index (χ1v) is 6.30. The van der Waals surface area contributed by atoms with Crippen molar-refractivity contribution in [3.8, 4) is 0 Å². The number of hydrogen-bond donors (Lipinski definition) is 2. The first-order valence-electron chi connectivity index (χ1n) is 5.49. The lowest BCUT2D eigenvalue weighted by Crippen LogP contribution is -2.32. The molecule has 0 saturated heterocycles. The molecule has 5 heteroatoms. The molecule has 0 spiro atoms. The summed E-state index contributed by atoms with van der Waals surface area (Å²) in [5.41, 5.74) is 3.97. The van der Waals surface area contributed by atoms with Crippen molar-refractivity contribution in [1.29, 1.82) is 0 Å². The molecule has 0 bridgehead atoms. The Labute approximate surface area is 101 Å². The van der Waals surface area contributed by atoms with Crippen LogP contribution in [0.4, 0.5) is 0 Å². The Morgan fingerprint density at radius 2 is 2.19 bits per heavy atom. The van der Waals surface area contributed by atoms with Gasteiger partial charge < -0.3 is 4.74 Å². The molecular weight excluding hydrogens is 222 g/mol. The fourth-order valence-electron chi connectivity index (χ4n) is 1.80. The van der Waals surface area contributed by atoms with Gasteiger partial charge in [-0.2, -0.15) is 0 Å². The molecule has 0 amide bonds. The van der Waals surface area contributed by atoms with Gasteiger partial charge in [0.2, 0.25) is 0 Å². The number of aryl methyl sites for hydroxylation is 2. The maximum Gasteiger partial charge on any atom is 0.0900 e. The van der Waals surface area contributed by atoms with Crippen LogP contribution in [0.25, 0.3) is 0 Å². The molecule has 2 unspecified atom stereocenters. The topological polar surface area (TPSA) is 60.2 Å². The number of methoxy groups -OCH3 is 1. The highest BCUT2D eigenvalue weighted by Crippen LogP contribution is 2.30. The van der Waals surface area contributed by atoms with Gasteiger partial charge in [0.1, 0.15) is 0 Å². The van der Waals surface area contributed by atoms with Gasteiger partial charge in [0.05, 0.1) is 16.7 Å². The van der Waals surface area contributed by atoms with Crippen molar-refractivity contribution in [2.75, 3.05) is 13.7 Å². The van der Waals surface area contributed by atoms with Gasteiger partial charge in [0.25, 0.3) is 0 Å². The van der Waals surface area contributed by atoms with Crippen LogP contribution in [-0.2, 0) is 4.74 Å². The molecule has 92 valence electrons. The van der Waals surface area contributed by atoms with E-state index in [1.54, 1.807) is 18.4 Å². The van der Waals surface area contributed by atoms with Crippen molar-refractivity contribution in [3.63, 3.8) is 0 Å². The third-order valence-electron chi connectivity index (χ3n) is 2.75. The summed E-state index contributed by atoms with van der Waals surface area (Å²) in [5, 5.41) is 1.09. The van der Waals surface area contributed by atoms with Crippen LogP contribution in [-0.4, -0.2) is 18.7 Å². The molecule has 0 fully saturated rings. The van der Waals surface area contributed by atoms with Crippen molar-refractivity contribution in [2.24, 2.45) is 11.8 Å². The summed E-state index contributed by atoms with van der Waals surface area (Å²) in [6.07, 6.45) is 0.988. The summed E-state index contributed by atoms with van der Waals surface area (Å²) >= 11 is 1.71. The highest BCUT2D eigenvalue weighted by molar-refractivity contribution is 7.11. The molecular formula is C11H21N3OS. The Morgan fingerprint density at radius 3 is 2.62 bits per heavy atom. The molecule has 1 rings (SSSR count). The van der Waals surface area contributed by atoms with E-state index < -0.39 is 0 Å². The summed E-state index contributed by atoms with van der Waals surface area (Å²) < 4.78 is 5.10. The minimum absolute atomic E-state index is 0.168. The van der Waals surface area contributed by atoms with E-state index in [0.717, 1.165) is 23.7 Å².